The third kappa shape index (κ3) is 5.56. The van der Waals surface area contributed by atoms with Crippen LogP contribution < -0.4 is 10.2 Å². The average Bonchev–Trinajstić information content (AvgIpc) is 2.34. The molecule has 0 fully saturated rings. The highest BCUT2D eigenvalue weighted by Gasteiger charge is 1.95. The molecule has 0 saturated carbocycles. The third-order valence-corrected chi connectivity index (χ3v) is 2.39. The van der Waals surface area contributed by atoms with Crippen LogP contribution >= 0.6 is 0 Å². The van der Waals surface area contributed by atoms with Crippen LogP contribution in [0.25, 0.3) is 0 Å². The predicted molar refractivity (Wildman–Crippen MR) is 72.0 cm³/mol. The van der Waals surface area contributed by atoms with E-state index in [0.29, 0.717) is 19.8 Å². The summed E-state index contributed by atoms with van der Waals surface area (Å²) in [5.74, 6) is 0. The fourth-order valence-electron chi connectivity index (χ4n) is 1.39. The van der Waals surface area contributed by atoms with Gasteiger partial charge in [-0.05, 0) is 24.3 Å². The summed E-state index contributed by atoms with van der Waals surface area (Å²) in [5, 5.41) is 3.30. The molecule has 0 aromatic heterocycles. The van der Waals surface area contributed by atoms with Crippen molar-refractivity contribution < 1.29 is 9.47 Å². The number of ether oxygens (including phenoxy) is 2. The summed E-state index contributed by atoms with van der Waals surface area (Å²) in [6.07, 6.45) is 0. The molecule has 4 nitrogen and oxygen atoms in total. The summed E-state index contributed by atoms with van der Waals surface area (Å²) >= 11 is 0. The highest BCUT2D eigenvalue weighted by molar-refractivity contribution is 5.54. The van der Waals surface area contributed by atoms with Gasteiger partial charge >= 0.3 is 0 Å². The molecule has 1 aromatic carbocycles. The Bertz CT molecular complexity index is 299. The summed E-state index contributed by atoms with van der Waals surface area (Å²) in [4.78, 5) is 2.08. The van der Waals surface area contributed by atoms with Gasteiger partial charge in [-0.1, -0.05) is 0 Å². The zero-order chi connectivity index (χ0) is 12.5. The Kier molecular flexibility index (Phi) is 6.43. The largest absolute Gasteiger partial charge is 0.383 e. The van der Waals surface area contributed by atoms with Gasteiger partial charge in [-0.15, -0.1) is 0 Å². The van der Waals surface area contributed by atoms with Crippen molar-refractivity contribution in [2.75, 3.05) is 57.8 Å². The molecule has 0 bridgehead atoms. The molecule has 0 atom stereocenters. The molecule has 0 aliphatic carbocycles. The van der Waals surface area contributed by atoms with Crippen molar-refractivity contribution in [3.63, 3.8) is 0 Å². The van der Waals surface area contributed by atoms with E-state index in [4.69, 9.17) is 9.47 Å². The first-order valence-electron chi connectivity index (χ1n) is 5.82. The second kappa shape index (κ2) is 7.92. The summed E-state index contributed by atoms with van der Waals surface area (Å²) in [5.41, 5.74) is 2.32. The van der Waals surface area contributed by atoms with Crippen molar-refractivity contribution >= 4 is 11.4 Å². The van der Waals surface area contributed by atoms with Crippen molar-refractivity contribution in [3.8, 4) is 0 Å². The van der Waals surface area contributed by atoms with Crippen LogP contribution in [0.1, 0.15) is 0 Å². The van der Waals surface area contributed by atoms with E-state index in [-0.39, 0.29) is 0 Å². The molecule has 4 heteroatoms. The maximum Gasteiger partial charge on any atom is 0.0701 e. The number of methoxy groups -OCH3 is 1. The number of hydrogen-bond donors (Lipinski definition) is 1. The van der Waals surface area contributed by atoms with Gasteiger partial charge in [0.05, 0.1) is 19.8 Å². The normalized spacial score (nSPS) is 10.3. The summed E-state index contributed by atoms with van der Waals surface area (Å²) in [6.45, 7) is 2.80. The maximum atomic E-state index is 5.36. The smallest absolute Gasteiger partial charge is 0.0701 e. The molecule has 0 heterocycles. The van der Waals surface area contributed by atoms with Crippen molar-refractivity contribution in [3.05, 3.63) is 24.3 Å². The van der Waals surface area contributed by atoms with E-state index in [0.717, 1.165) is 12.2 Å². The molecule has 17 heavy (non-hydrogen) atoms. The van der Waals surface area contributed by atoms with Crippen LogP contribution in [0.3, 0.4) is 0 Å². The van der Waals surface area contributed by atoms with Gasteiger partial charge < -0.3 is 19.7 Å². The monoisotopic (exact) mass is 238 g/mol. The molecule has 0 unspecified atom stereocenters. The minimum atomic E-state index is 0.650. The van der Waals surface area contributed by atoms with Crippen LogP contribution in [0.4, 0.5) is 11.4 Å². The molecule has 0 spiro atoms. The highest BCUT2D eigenvalue weighted by atomic mass is 16.5. The molecule has 0 radical (unpaired) electrons. The Balaban J connectivity index is 2.19. The molecule has 0 aliphatic rings. The molecule has 96 valence electrons. The molecule has 0 amide bonds. The van der Waals surface area contributed by atoms with Gasteiger partial charge in [0.1, 0.15) is 0 Å². The number of rotatable bonds is 8. The van der Waals surface area contributed by atoms with Gasteiger partial charge in [0.15, 0.2) is 0 Å². The lowest BCUT2D eigenvalue weighted by Crippen LogP contribution is -2.12. The second-order valence-electron chi connectivity index (χ2n) is 3.97. The maximum absolute atomic E-state index is 5.36. The predicted octanol–water partition coefficient (Wildman–Crippen LogP) is 1.83. The van der Waals surface area contributed by atoms with Crippen LogP contribution in [0, 0.1) is 0 Å². The van der Waals surface area contributed by atoms with Gasteiger partial charge in [0, 0.05) is 39.1 Å². The Hall–Kier alpha value is -1.26. The topological polar surface area (TPSA) is 33.7 Å². The van der Waals surface area contributed by atoms with Crippen LogP contribution in [0.5, 0.6) is 0 Å². The first-order chi connectivity index (χ1) is 8.24. The van der Waals surface area contributed by atoms with E-state index < -0.39 is 0 Å². The Morgan fingerprint density at radius 1 is 1.06 bits per heavy atom. The molecule has 1 rings (SSSR count). The number of hydrogen-bond acceptors (Lipinski definition) is 4. The number of nitrogens with zero attached hydrogens (tertiary/aromatic N) is 1. The van der Waals surface area contributed by atoms with E-state index in [1.807, 2.05) is 14.1 Å². The standard InChI is InChI=1S/C13H22N2O2/c1-15(2)13-6-4-12(5-7-13)14-8-9-17-11-10-16-3/h4-7,14H,8-11H2,1-3H3. The first-order valence-corrected chi connectivity index (χ1v) is 5.82. The number of benzene rings is 1. The van der Waals surface area contributed by atoms with Gasteiger partial charge in [-0.25, -0.2) is 0 Å². The van der Waals surface area contributed by atoms with E-state index in [2.05, 4.69) is 34.5 Å². The number of anilines is 2. The minimum Gasteiger partial charge on any atom is -0.383 e. The van der Waals surface area contributed by atoms with E-state index in [1.165, 1.54) is 5.69 Å². The quantitative estimate of drug-likeness (QED) is 0.701. The fraction of sp³-hybridized carbons (Fsp3) is 0.538. The zero-order valence-corrected chi connectivity index (χ0v) is 10.9. The Labute approximate surface area is 104 Å². The average molecular weight is 238 g/mol. The van der Waals surface area contributed by atoms with Crippen LogP contribution in [-0.4, -0.2) is 47.6 Å². The van der Waals surface area contributed by atoms with Gasteiger partial charge in [-0.2, -0.15) is 0 Å². The molecule has 0 aliphatic heterocycles. The molecule has 0 saturated heterocycles. The van der Waals surface area contributed by atoms with E-state index in [1.54, 1.807) is 7.11 Å². The van der Waals surface area contributed by atoms with Crippen molar-refractivity contribution in [1.82, 2.24) is 0 Å². The van der Waals surface area contributed by atoms with Gasteiger partial charge in [0.25, 0.3) is 0 Å². The van der Waals surface area contributed by atoms with Crippen LogP contribution in [0.15, 0.2) is 24.3 Å². The van der Waals surface area contributed by atoms with Crippen LogP contribution in [0.2, 0.25) is 0 Å². The fourth-order valence-corrected chi connectivity index (χ4v) is 1.39. The summed E-state index contributed by atoms with van der Waals surface area (Å²) in [6, 6.07) is 8.33. The van der Waals surface area contributed by atoms with E-state index in [9.17, 15) is 0 Å². The molecular weight excluding hydrogens is 216 g/mol. The van der Waals surface area contributed by atoms with Crippen molar-refractivity contribution in [1.29, 1.82) is 0 Å². The Morgan fingerprint density at radius 2 is 1.76 bits per heavy atom. The van der Waals surface area contributed by atoms with E-state index >= 15 is 0 Å². The zero-order valence-electron chi connectivity index (χ0n) is 10.9. The SMILES string of the molecule is COCCOCCNc1ccc(N(C)C)cc1. The van der Waals surface area contributed by atoms with Gasteiger partial charge in [0.2, 0.25) is 0 Å². The van der Waals surface area contributed by atoms with Gasteiger partial charge in [-0.3, -0.25) is 0 Å². The Morgan fingerprint density at radius 3 is 2.35 bits per heavy atom. The number of nitrogens with one attached hydrogen (secondary N) is 1. The molecular formula is C13H22N2O2. The second-order valence-corrected chi connectivity index (χ2v) is 3.97. The summed E-state index contributed by atoms with van der Waals surface area (Å²) < 4.78 is 10.3. The lowest BCUT2D eigenvalue weighted by atomic mass is 10.2. The van der Waals surface area contributed by atoms with Crippen molar-refractivity contribution in [2.45, 2.75) is 0 Å². The minimum absolute atomic E-state index is 0.650. The third-order valence-electron chi connectivity index (χ3n) is 2.39. The van der Waals surface area contributed by atoms with Crippen LogP contribution in [-0.2, 0) is 9.47 Å². The highest BCUT2D eigenvalue weighted by Crippen LogP contribution is 2.15. The summed E-state index contributed by atoms with van der Waals surface area (Å²) in [7, 11) is 5.74. The molecule has 1 N–H and O–H groups in total. The first kappa shape index (κ1) is 13.8. The lowest BCUT2D eigenvalue weighted by Gasteiger charge is -2.13. The van der Waals surface area contributed by atoms with Crippen molar-refractivity contribution in [2.24, 2.45) is 0 Å². The molecule has 1 aromatic rings. The lowest BCUT2D eigenvalue weighted by molar-refractivity contribution is 0.0759.